The van der Waals surface area contributed by atoms with E-state index in [4.69, 9.17) is 0 Å². The summed E-state index contributed by atoms with van der Waals surface area (Å²) in [5.74, 6) is -0.207. The van der Waals surface area contributed by atoms with Crippen LogP contribution in [0.25, 0.3) is 5.69 Å². The van der Waals surface area contributed by atoms with E-state index in [-0.39, 0.29) is 5.91 Å². The summed E-state index contributed by atoms with van der Waals surface area (Å²) in [6.45, 7) is 6.06. The molecule has 1 N–H and O–H groups in total. The number of nitrogens with one attached hydrogen (secondary N) is 1. The van der Waals surface area contributed by atoms with Crippen LogP contribution in [-0.4, -0.2) is 16.7 Å². The molecule has 0 aliphatic carbocycles. The smallest absolute Gasteiger partial charge is 0.273 e. The van der Waals surface area contributed by atoms with Gasteiger partial charge in [-0.2, -0.15) is 5.10 Å². The molecule has 0 aliphatic rings. The summed E-state index contributed by atoms with van der Waals surface area (Å²) in [6.07, 6.45) is 2.67. The second kappa shape index (κ2) is 7.83. The summed E-state index contributed by atoms with van der Waals surface area (Å²) in [5.41, 5.74) is 8.44. The first-order chi connectivity index (χ1) is 12.6. The van der Waals surface area contributed by atoms with Crippen molar-refractivity contribution in [1.82, 2.24) is 9.99 Å². The number of hydrazone groups is 1. The minimum absolute atomic E-state index is 0.207. The van der Waals surface area contributed by atoms with Crippen molar-refractivity contribution in [3.05, 3.63) is 88.7 Å². The van der Waals surface area contributed by atoms with Gasteiger partial charge < -0.3 is 4.57 Å². The van der Waals surface area contributed by atoms with Crippen molar-refractivity contribution in [2.45, 2.75) is 27.2 Å². The monoisotopic (exact) mass is 345 g/mol. The van der Waals surface area contributed by atoms with Crippen molar-refractivity contribution in [3.8, 4) is 5.69 Å². The molecular formula is C22H23N3O. The molecule has 0 unspecified atom stereocenters. The Morgan fingerprint density at radius 3 is 2.42 bits per heavy atom. The minimum Gasteiger partial charge on any atom is -0.318 e. The van der Waals surface area contributed by atoms with Crippen LogP contribution >= 0.6 is 0 Å². The molecule has 0 atom stereocenters. The van der Waals surface area contributed by atoms with E-state index in [1.165, 1.54) is 5.56 Å². The maximum Gasteiger partial charge on any atom is 0.273 e. The van der Waals surface area contributed by atoms with E-state index in [1.54, 1.807) is 6.21 Å². The molecule has 0 radical (unpaired) electrons. The number of hydrogen-bond acceptors (Lipinski definition) is 2. The van der Waals surface area contributed by atoms with Gasteiger partial charge in [0.15, 0.2) is 0 Å². The Kier molecular flexibility index (Phi) is 5.32. The Labute approximate surface area is 154 Å². The molecule has 1 heterocycles. The fraction of sp³-hybridized carbons (Fsp3) is 0.182. The topological polar surface area (TPSA) is 46.4 Å². The van der Waals surface area contributed by atoms with Crippen LogP contribution in [0, 0.1) is 13.8 Å². The third-order valence-corrected chi connectivity index (χ3v) is 4.46. The van der Waals surface area contributed by atoms with E-state index >= 15 is 0 Å². The maximum atomic E-state index is 12.5. The summed E-state index contributed by atoms with van der Waals surface area (Å²) in [6, 6.07) is 20.0. The highest BCUT2D eigenvalue weighted by Gasteiger charge is 2.16. The molecule has 1 aromatic heterocycles. The Bertz CT molecular complexity index is 922. The molecule has 132 valence electrons. The number of rotatable bonds is 5. The summed E-state index contributed by atoms with van der Waals surface area (Å²) in [4.78, 5) is 12.5. The zero-order valence-electron chi connectivity index (χ0n) is 15.4. The van der Waals surface area contributed by atoms with Crippen LogP contribution in [0.3, 0.4) is 0 Å². The normalized spacial score (nSPS) is 11.0. The fourth-order valence-electron chi connectivity index (χ4n) is 3.03. The number of carbonyl (C=O) groups is 1. The molecule has 2 aromatic carbocycles. The van der Waals surface area contributed by atoms with Crippen molar-refractivity contribution in [2.75, 3.05) is 0 Å². The van der Waals surface area contributed by atoms with Gasteiger partial charge in [0.25, 0.3) is 5.91 Å². The van der Waals surface area contributed by atoms with E-state index in [0.717, 1.165) is 29.1 Å². The van der Waals surface area contributed by atoms with Crippen LogP contribution in [0.2, 0.25) is 0 Å². The summed E-state index contributed by atoms with van der Waals surface area (Å²) in [5, 5.41) is 4.09. The van der Waals surface area contributed by atoms with Crippen LogP contribution in [0.4, 0.5) is 0 Å². The van der Waals surface area contributed by atoms with Crippen LogP contribution < -0.4 is 5.43 Å². The van der Waals surface area contributed by atoms with Gasteiger partial charge in [-0.25, -0.2) is 5.43 Å². The van der Waals surface area contributed by atoms with Gasteiger partial charge in [0.1, 0.15) is 0 Å². The maximum absolute atomic E-state index is 12.5. The Morgan fingerprint density at radius 1 is 1.08 bits per heavy atom. The number of benzene rings is 2. The Balaban J connectivity index is 1.75. The number of aryl methyl sites for hydroxylation is 2. The summed E-state index contributed by atoms with van der Waals surface area (Å²) >= 11 is 0. The highest BCUT2D eigenvalue weighted by atomic mass is 16.2. The number of amides is 1. The predicted molar refractivity (Wildman–Crippen MR) is 106 cm³/mol. The third-order valence-electron chi connectivity index (χ3n) is 4.46. The van der Waals surface area contributed by atoms with Crippen molar-refractivity contribution in [2.24, 2.45) is 5.10 Å². The molecule has 0 saturated carbocycles. The number of aromatic nitrogens is 1. The highest BCUT2D eigenvalue weighted by Crippen LogP contribution is 2.20. The molecule has 3 rings (SSSR count). The van der Waals surface area contributed by atoms with Crippen molar-refractivity contribution in [1.29, 1.82) is 0 Å². The lowest BCUT2D eigenvalue weighted by atomic mass is 10.1. The van der Waals surface area contributed by atoms with E-state index in [0.29, 0.717) is 5.56 Å². The van der Waals surface area contributed by atoms with Gasteiger partial charge >= 0.3 is 0 Å². The van der Waals surface area contributed by atoms with Gasteiger partial charge in [-0.3, -0.25) is 4.79 Å². The number of carbonyl (C=O) groups excluding carboxylic acids is 1. The van der Waals surface area contributed by atoms with Gasteiger partial charge in [-0.1, -0.05) is 49.4 Å². The zero-order valence-corrected chi connectivity index (χ0v) is 15.4. The third kappa shape index (κ3) is 3.75. The molecule has 3 aromatic rings. The van der Waals surface area contributed by atoms with Gasteiger partial charge in [0.05, 0.1) is 11.8 Å². The molecule has 0 saturated heterocycles. The van der Waals surface area contributed by atoms with Gasteiger partial charge in [0, 0.05) is 17.1 Å². The van der Waals surface area contributed by atoms with Crippen LogP contribution in [0.5, 0.6) is 0 Å². The number of nitrogens with zero attached hydrogens (tertiary/aromatic N) is 2. The minimum atomic E-state index is -0.207. The van der Waals surface area contributed by atoms with Crippen LogP contribution in [0.1, 0.15) is 39.8 Å². The lowest BCUT2D eigenvalue weighted by Gasteiger charge is -2.09. The van der Waals surface area contributed by atoms with Crippen molar-refractivity contribution < 1.29 is 4.79 Å². The van der Waals surface area contributed by atoms with Crippen molar-refractivity contribution >= 4 is 12.1 Å². The Hall–Kier alpha value is -3.14. The van der Waals surface area contributed by atoms with E-state index in [2.05, 4.69) is 34.2 Å². The molecule has 0 fully saturated rings. The standard InChI is InChI=1S/C22H23N3O/c1-4-18-10-12-19(13-11-18)15-23-24-22(26)21-14-16(2)25(17(21)3)20-8-6-5-7-9-20/h5-15H,4H2,1-3H3,(H,24,26)/b23-15-. The molecule has 26 heavy (non-hydrogen) atoms. The first kappa shape index (κ1) is 17.7. The van der Waals surface area contributed by atoms with Gasteiger partial charge in [-0.05, 0) is 49.6 Å². The van der Waals surface area contributed by atoms with E-state index in [9.17, 15) is 4.79 Å². The predicted octanol–water partition coefficient (Wildman–Crippen LogP) is 4.42. The SMILES string of the molecule is CCc1ccc(/C=N\NC(=O)c2cc(C)n(-c3ccccc3)c2C)cc1. The van der Waals surface area contributed by atoms with Gasteiger partial charge in [-0.15, -0.1) is 0 Å². The molecule has 4 nitrogen and oxygen atoms in total. The Morgan fingerprint density at radius 2 is 1.77 bits per heavy atom. The fourth-order valence-corrected chi connectivity index (χ4v) is 3.03. The first-order valence-corrected chi connectivity index (χ1v) is 8.77. The van der Waals surface area contributed by atoms with Crippen molar-refractivity contribution in [3.63, 3.8) is 0 Å². The lowest BCUT2D eigenvalue weighted by molar-refractivity contribution is 0.0954. The lowest BCUT2D eigenvalue weighted by Crippen LogP contribution is -2.18. The second-order valence-corrected chi connectivity index (χ2v) is 6.25. The summed E-state index contributed by atoms with van der Waals surface area (Å²) < 4.78 is 2.07. The van der Waals surface area contributed by atoms with Crippen LogP contribution in [0.15, 0.2) is 65.8 Å². The largest absolute Gasteiger partial charge is 0.318 e. The highest BCUT2D eigenvalue weighted by molar-refractivity contribution is 5.96. The zero-order chi connectivity index (χ0) is 18.5. The molecule has 4 heteroatoms. The van der Waals surface area contributed by atoms with E-state index in [1.807, 2.05) is 62.4 Å². The molecule has 1 amide bonds. The molecule has 0 spiro atoms. The summed E-state index contributed by atoms with van der Waals surface area (Å²) in [7, 11) is 0. The second-order valence-electron chi connectivity index (χ2n) is 6.25. The quantitative estimate of drug-likeness (QED) is 0.540. The average molecular weight is 345 g/mol. The number of hydrogen-bond donors (Lipinski definition) is 1. The van der Waals surface area contributed by atoms with Crippen LogP contribution in [-0.2, 0) is 6.42 Å². The first-order valence-electron chi connectivity index (χ1n) is 8.77. The average Bonchev–Trinajstić information content (AvgIpc) is 2.97. The molecular weight excluding hydrogens is 322 g/mol. The van der Waals surface area contributed by atoms with E-state index < -0.39 is 0 Å². The molecule has 0 bridgehead atoms. The van der Waals surface area contributed by atoms with Gasteiger partial charge in [0.2, 0.25) is 0 Å². The number of para-hydroxylation sites is 1. The molecule has 0 aliphatic heterocycles.